The highest BCUT2D eigenvalue weighted by Gasteiger charge is 2.29. The average molecular weight is 439 g/mol. The van der Waals surface area contributed by atoms with Crippen LogP contribution in [0.4, 0.5) is 23.4 Å². The molecule has 6 nitrogen and oxygen atoms in total. The second-order valence-electron chi connectivity index (χ2n) is 7.09. The third-order valence-corrected chi connectivity index (χ3v) is 4.68. The van der Waals surface area contributed by atoms with Gasteiger partial charge in [-0.2, -0.15) is 13.2 Å². The Kier molecular flexibility index (Phi) is 7.54. The Morgan fingerprint density at radius 1 is 1.26 bits per heavy atom. The number of ether oxygens (including phenoxy) is 1. The quantitative estimate of drug-likeness (QED) is 0.393. The van der Waals surface area contributed by atoms with E-state index in [-0.39, 0.29) is 24.2 Å². The molecule has 1 aliphatic heterocycles. The maximum Gasteiger partial charge on any atom is 0.422 e. The number of alkyl halides is 3. The van der Waals surface area contributed by atoms with Crippen LogP contribution in [0.2, 0.25) is 0 Å². The maximum atomic E-state index is 14.0. The zero-order chi connectivity index (χ0) is 22.3. The van der Waals surface area contributed by atoms with Gasteiger partial charge in [0.1, 0.15) is 5.75 Å². The summed E-state index contributed by atoms with van der Waals surface area (Å²) < 4.78 is 56.4. The number of aliphatic imine (C=N–C) groups is 1. The third kappa shape index (κ3) is 6.73. The first-order valence-electron chi connectivity index (χ1n) is 10.0. The molecule has 3 rings (SSSR count). The van der Waals surface area contributed by atoms with E-state index in [1.807, 2.05) is 11.8 Å². The number of aromatic nitrogens is 1. The molecular formula is C21H25F4N5O. The van der Waals surface area contributed by atoms with E-state index in [1.165, 1.54) is 12.1 Å². The van der Waals surface area contributed by atoms with E-state index in [9.17, 15) is 17.6 Å². The molecule has 2 N–H and O–H groups in total. The van der Waals surface area contributed by atoms with Crippen molar-refractivity contribution in [1.29, 1.82) is 0 Å². The molecular weight excluding hydrogens is 414 g/mol. The molecule has 1 unspecified atom stereocenters. The number of nitrogens with one attached hydrogen (secondary N) is 2. The number of rotatable bonds is 7. The number of nitrogens with zero attached hydrogens (tertiary/aromatic N) is 3. The molecule has 1 aromatic heterocycles. The van der Waals surface area contributed by atoms with Crippen molar-refractivity contribution in [1.82, 2.24) is 15.6 Å². The number of para-hydroxylation sites is 1. The summed E-state index contributed by atoms with van der Waals surface area (Å²) in [5, 5.41) is 6.44. The van der Waals surface area contributed by atoms with Gasteiger partial charge in [0.05, 0.1) is 6.54 Å². The van der Waals surface area contributed by atoms with Crippen molar-refractivity contribution in [3.8, 4) is 5.75 Å². The predicted octanol–water partition coefficient (Wildman–Crippen LogP) is 3.50. The van der Waals surface area contributed by atoms with Crippen molar-refractivity contribution in [2.45, 2.75) is 32.1 Å². The molecule has 168 valence electrons. The number of hydrogen-bond donors (Lipinski definition) is 2. The lowest BCUT2D eigenvalue weighted by atomic mass is 10.2. The zero-order valence-corrected chi connectivity index (χ0v) is 17.1. The minimum atomic E-state index is -4.41. The lowest BCUT2D eigenvalue weighted by Crippen LogP contribution is -2.44. The van der Waals surface area contributed by atoms with Crippen molar-refractivity contribution < 1.29 is 22.3 Å². The number of pyridine rings is 1. The summed E-state index contributed by atoms with van der Waals surface area (Å²) in [6.07, 6.45) is -2.08. The van der Waals surface area contributed by atoms with Crippen molar-refractivity contribution in [3.05, 3.63) is 54.0 Å². The van der Waals surface area contributed by atoms with E-state index >= 15 is 0 Å². The van der Waals surface area contributed by atoms with Gasteiger partial charge in [0.25, 0.3) is 0 Å². The van der Waals surface area contributed by atoms with Crippen LogP contribution in [0, 0.1) is 5.82 Å². The summed E-state index contributed by atoms with van der Waals surface area (Å²) in [4.78, 5) is 10.5. The normalized spacial score (nSPS) is 17.0. The van der Waals surface area contributed by atoms with Crippen LogP contribution in [0.5, 0.6) is 5.75 Å². The molecule has 10 heteroatoms. The molecule has 2 heterocycles. The minimum absolute atomic E-state index is 0.0240. The van der Waals surface area contributed by atoms with Gasteiger partial charge in [0.2, 0.25) is 0 Å². The van der Waals surface area contributed by atoms with E-state index in [0.29, 0.717) is 37.0 Å². The number of hydrogen-bond acceptors (Lipinski definition) is 4. The van der Waals surface area contributed by atoms with Gasteiger partial charge in [-0.05, 0) is 31.5 Å². The predicted molar refractivity (Wildman–Crippen MR) is 111 cm³/mol. The monoisotopic (exact) mass is 439 g/mol. The Morgan fingerprint density at radius 2 is 2.06 bits per heavy atom. The van der Waals surface area contributed by atoms with Crippen LogP contribution < -0.4 is 20.3 Å². The van der Waals surface area contributed by atoms with Gasteiger partial charge in [-0.3, -0.25) is 0 Å². The summed E-state index contributed by atoms with van der Waals surface area (Å²) in [6, 6.07) is 9.47. The van der Waals surface area contributed by atoms with Crippen LogP contribution in [0.3, 0.4) is 0 Å². The molecule has 2 aromatic rings. The Hall–Kier alpha value is -3.04. The standard InChI is InChI=1S/C21H25F4N5O/c1-2-26-20(28-12-15-6-3-4-8-18(15)31-14-21(23,24)25)29-16-9-11-30(13-16)19-17(22)7-5-10-27-19/h3-8,10,16H,2,9,11-14H2,1H3,(H2,26,28,29). The first-order valence-corrected chi connectivity index (χ1v) is 10.0. The fourth-order valence-corrected chi connectivity index (χ4v) is 3.29. The molecule has 0 spiro atoms. The largest absolute Gasteiger partial charge is 0.484 e. The Labute approximate surface area is 178 Å². The molecule has 31 heavy (non-hydrogen) atoms. The van der Waals surface area contributed by atoms with E-state index < -0.39 is 12.8 Å². The molecule has 1 aromatic carbocycles. The van der Waals surface area contributed by atoms with Crippen LogP contribution in [-0.2, 0) is 6.54 Å². The maximum absolute atomic E-state index is 14.0. The Bertz CT molecular complexity index is 890. The number of halogens is 4. The van der Waals surface area contributed by atoms with Crippen LogP contribution in [0.25, 0.3) is 0 Å². The summed E-state index contributed by atoms with van der Waals surface area (Å²) in [6.45, 7) is 2.54. The molecule has 0 bridgehead atoms. The van der Waals surface area contributed by atoms with Crippen molar-refractivity contribution >= 4 is 11.8 Å². The van der Waals surface area contributed by atoms with Crippen molar-refractivity contribution in [2.75, 3.05) is 31.1 Å². The Balaban J connectivity index is 1.63. The van der Waals surface area contributed by atoms with Gasteiger partial charge >= 0.3 is 6.18 Å². The SMILES string of the molecule is CCNC(=NCc1ccccc1OCC(F)(F)F)NC1CCN(c2ncccc2F)C1. The van der Waals surface area contributed by atoms with Gasteiger partial charge in [0.15, 0.2) is 24.2 Å². The minimum Gasteiger partial charge on any atom is -0.484 e. The van der Waals surface area contributed by atoms with Crippen molar-refractivity contribution in [3.63, 3.8) is 0 Å². The van der Waals surface area contributed by atoms with Crippen LogP contribution in [0.1, 0.15) is 18.9 Å². The zero-order valence-electron chi connectivity index (χ0n) is 17.1. The first-order chi connectivity index (χ1) is 14.9. The molecule has 0 amide bonds. The first kappa shape index (κ1) is 22.6. The van der Waals surface area contributed by atoms with Gasteiger partial charge in [-0.25, -0.2) is 14.4 Å². The van der Waals surface area contributed by atoms with Crippen LogP contribution in [0.15, 0.2) is 47.6 Å². The van der Waals surface area contributed by atoms with E-state index in [0.717, 1.165) is 6.42 Å². The number of benzene rings is 1. The topological polar surface area (TPSA) is 61.8 Å². The highest BCUT2D eigenvalue weighted by molar-refractivity contribution is 5.80. The second-order valence-corrected chi connectivity index (χ2v) is 7.09. The van der Waals surface area contributed by atoms with Gasteiger partial charge in [-0.15, -0.1) is 0 Å². The summed E-state index contributed by atoms with van der Waals surface area (Å²) >= 11 is 0. The molecule has 0 saturated carbocycles. The average Bonchev–Trinajstić information content (AvgIpc) is 3.19. The smallest absolute Gasteiger partial charge is 0.422 e. The molecule has 1 atom stereocenters. The highest BCUT2D eigenvalue weighted by Crippen LogP contribution is 2.23. The fraction of sp³-hybridized carbons (Fsp3) is 0.429. The summed E-state index contributed by atoms with van der Waals surface area (Å²) in [5.41, 5.74) is 0.549. The lowest BCUT2D eigenvalue weighted by molar-refractivity contribution is -0.153. The summed E-state index contributed by atoms with van der Waals surface area (Å²) in [5.74, 6) is 0.641. The molecule has 1 aliphatic rings. The molecule has 1 saturated heterocycles. The number of anilines is 1. The molecule has 1 fully saturated rings. The fourth-order valence-electron chi connectivity index (χ4n) is 3.29. The number of guanidine groups is 1. The van der Waals surface area contributed by atoms with Gasteiger partial charge in [-0.1, -0.05) is 18.2 Å². The van der Waals surface area contributed by atoms with Crippen LogP contribution >= 0.6 is 0 Å². The Morgan fingerprint density at radius 3 is 2.81 bits per heavy atom. The highest BCUT2D eigenvalue weighted by atomic mass is 19.4. The molecule has 0 aliphatic carbocycles. The summed E-state index contributed by atoms with van der Waals surface area (Å²) in [7, 11) is 0. The van der Waals surface area contributed by atoms with Crippen molar-refractivity contribution in [2.24, 2.45) is 4.99 Å². The second kappa shape index (κ2) is 10.3. The van der Waals surface area contributed by atoms with E-state index in [1.54, 1.807) is 30.5 Å². The third-order valence-electron chi connectivity index (χ3n) is 4.68. The van der Waals surface area contributed by atoms with Crippen LogP contribution in [-0.4, -0.2) is 49.4 Å². The van der Waals surface area contributed by atoms with Gasteiger partial charge < -0.3 is 20.3 Å². The lowest BCUT2D eigenvalue weighted by Gasteiger charge is -2.20. The van der Waals surface area contributed by atoms with Gasteiger partial charge in [0, 0.05) is 37.4 Å². The molecule has 0 radical (unpaired) electrons. The van der Waals surface area contributed by atoms with E-state index in [2.05, 4.69) is 20.6 Å². The van der Waals surface area contributed by atoms with E-state index in [4.69, 9.17) is 4.74 Å².